The van der Waals surface area contributed by atoms with Crippen molar-refractivity contribution in [3.8, 4) is 39.6 Å². The monoisotopic (exact) mass is 729 g/mol. The summed E-state index contributed by atoms with van der Waals surface area (Å²) in [6, 6.07) is 67.5. The van der Waals surface area contributed by atoms with Gasteiger partial charge in [0.05, 0.1) is 22.4 Å². The molecule has 0 saturated carbocycles. The van der Waals surface area contributed by atoms with Crippen LogP contribution in [-0.4, -0.2) is 14.5 Å². The lowest BCUT2D eigenvalue weighted by Crippen LogP contribution is -1.98. The number of benzene rings is 9. The van der Waals surface area contributed by atoms with Gasteiger partial charge in [0.15, 0.2) is 5.82 Å². The molecule has 0 amide bonds. The molecule has 0 saturated heterocycles. The second kappa shape index (κ2) is 12.2. The molecule has 260 valence electrons. The molecule has 0 aliphatic rings. The van der Waals surface area contributed by atoms with E-state index in [0.717, 1.165) is 33.8 Å². The Morgan fingerprint density at radius 1 is 0.357 bits per heavy atom. The van der Waals surface area contributed by atoms with Crippen molar-refractivity contribution in [1.29, 1.82) is 0 Å². The summed E-state index contributed by atoms with van der Waals surface area (Å²) in [5.74, 6) is 0.702. The maximum Gasteiger partial charge on any atom is 0.160 e. The Morgan fingerprint density at radius 3 is 1.48 bits per heavy atom. The van der Waals surface area contributed by atoms with Crippen molar-refractivity contribution < 1.29 is 0 Å². The zero-order chi connectivity index (χ0) is 36.7. The third-order valence-electron chi connectivity index (χ3n) is 11.4. The fraction of sp³-hybridized carbons (Fsp3) is 0. The van der Waals surface area contributed by atoms with Crippen LogP contribution in [0.3, 0.4) is 0 Å². The normalized spacial score (nSPS) is 11.9. The lowest BCUT2D eigenvalue weighted by molar-refractivity contribution is 1.17. The van der Waals surface area contributed by atoms with Gasteiger partial charge in [-0.05, 0) is 57.9 Å². The van der Waals surface area contributed by atoms with Crippen molar-refractivity contribution in [3.05, 3.63) is 188 Å². The lowest BCUT2D eigenvalue weighted by atomic mass is 9.94. The van der Waals surface area contributed by atoms with Crippen LogP contribution >= 0.6 is 11.3 Å². The van der Waals surface area contributed by atoms with Crippen molar-refractivity contribution >= 4 is 85.6 Å². The summed E-state index contributed by atoms with van der Waals surface area (Å²) >= 11 is 1.90. The molecule has 0 fully saturated rings. The molecular weight excluding hydrogens is 699 g/mol. The van der Waals surface area contributed by atoms with Crippen LogP contribution in [0.1, 0.15) is 0 Å². The van der Waals surface area contributed by atoms with Gasteiger partial charge in [-0.1, -0.05) is 152 Å². The van der Waals surface area contributed by atoms with Gasteiger partial charge in [0.25, 0.3) is 0 Å². The first kappa shape index (κ1) is 31.2. The fourth-order valence-electron chi connectivity index (χ4n) is 8.93. The first-order valence-corrected chi connectivity index (χ1v) is 19.8. The topological polar surface area (TPSA) is 30.7 Å². The van der Waals surface area contributed by atoms with E-state index in [1.54, 1.807) is 0 Å². The van der Waals surface area contributed by atoms with Crippen LogP contribution in [0, 0.1) is 0 Å². The van der Waals surface area contributed by atoms with Gasteiger partial charge in [0.1, 0.15) is 0 Å². The molecule has 3 aromatic heterocycles. The highest BCUT2D eigenvalue weighted by Crippen LogP contribution is 2.51. The summed E-state index contributed by atoms with van der Waals surface area (Å²) in [5, 5.41) is 12.8. The van der Waals surface area contributed by atoms with Gasteiger partial charge in [0.2, 0.25) is 0 Å². The summed E-state index contributed by atoms with van der Waals surface area (Å²) in [6.45, 7) is 0. The molecular formula is C52H31N3S. The second-order valence-corrected chi connectivity index (χ2v) is 15.5. The number of hydrogen-bond donors (Lipinski definition) is 0. The van der Waals surface area contributed by atoms with Crippen molar-refractivity contribution in [2.45, 2.75) is 0 Å². The van der Waals surface area contributed by atoms with E-state index in [1.165, 1.54) is 74.3 Å². The van der Waals surface area contributed by atoms with Gasteiger partial charge in [0, 0.05) is 64.1 Å². The predicted octanol–water partition coefficient (Wildman–Crippen LogP) is 14.4. The van der Waals surface area contributed by atoms with Crippen molar-refractivity contribution in [1.82, 2.24) is 14.5 Å². The fourth-order valence-corrected chi connectivity index (χ4v) is 10.2. The largest absolute Gasteiger partial charge is 0.308 e. The Hall–Kier alpha value is -7.14. The molecule has 9 aromatic carbocycles. The Kier molecular flexibility index (Phi) is 6.80. The molecule has 0 aliphatic carbocycles. The van der Waals surface area contributed by atoms with Crippen LogP contribution in [-0.2, 0) is 0 Å². The SMILES string of the molecule is c1ccc(-c2cc(-c3ccccc3)nc(-c3ccc(-n4c5c6ccccc6c6ccccc6c5c5c6ccccc6c6sc7ccccc7c6c54)cc3)n2)cc1. The molecule has 3 heterocycles. The average Bonchev–Trinajstić information content (AvgIpc) is 3.85. The Labute approximate surface area is 326 Å². The zero-order valence-electron chi connectivity index (χ0n) is 30.1. The number of fused-ring (bicyclic) bond motifs is 15. The molecule has 12 aromatic rings. The highest BCUT2D eigenvalue weighted by Gasteiger charge is 2.25. The van der Waals surface area contributed by atoms with E-state index in [4.69, 9.17) is 9.97 Å². The number of nitrogens with zero attached hydrogens (tertiary/aromatic N) is 3. The first-order valence-electron chi connectivity index (χ1n) is 19.0. The van der Waals surface area contributed by atoms with Gasteiger partial charge >= 0.3 is 0 Å². The third kappa shape index (κ3) is 4.57. The molecule has 0 radical (unpaired) electrons. The zero-order valence-corrected chi connectivity index (χ0v) is 31.0. The minimum absolute atomic E-state index is 0.702. The molecule has 0 unspecified atom stereocenters. The smallest absolute Gasteiger partial charge is 0.160 e. The Morgan fingerprint density at radius 2 is 0.839 bits per heavy atom. The van der Waals surface area contributed by atoms with Crippen LogP contribution in [0.5, 0.6) is 0 Å². The van der Waals surface area contributed by atoms with Gasteiger partial charge in [-0.25, -0.2) is 9.97 Å². The summed E-state index contributed by atoms with van der Waals surface area (Å²) in [5.41, 5.74) is 8.47. The van der Waals surface area contributed by atoms with E-state index in [2.05, 4.69) is 180 Å². The predicted molar refractivity (Wildman–Crippen MR) is 238 cm³/mol. The third-order valence-corrected chi connectivity index (χ3v) is 12.6. The highest BCUT2D eigenvalue weighted by atomic mass is 32.1. The van der Waals surface area contributed by atoms with Gasteiger partial charge in [-0.3, -0.25) is 0 Å². The number of rotatable bonds is 4. The molecule has 3 nitrogen and oxygen atoms in total. The molecule has 0 N–H and O–H groups in total. The Balaban J connectivity index is 1.20. The second-order valence-electron chi connectivity index (χ2n) is 14.5. The average molecular weight is 730 g/mol. The molecule has 0 spiro atoms. The van der Waals surface area contributed by atoms with Gasteiger partial charge < -0.3 is 4.57 Å². The molecule has 4 heteroatoms. The maximum atomic E-state index is 5.15. The molecule has 12 rings (SSSR count). The van der Waals surface area contributed by atoms with E-state index in [-0.39, 0.29) is 0 Å². The first-order chi connectivity index (χ1) is 27.8. The van der Waals surface area contributed by atoms with Crippen LogP contribution in [0.2, 0.25) is 0 Å². The molecule has 56 heavy (non-hydrogen) atoms. The minimum Gasteiger partial charge on any atom is -0.308 e. The minimum atomic E-state index is 0.702. The number of aromatic nitrogens is 3. The van der Waals surface area contributed by atoms with Crippen LogP contribution in [0.4, 0.5) is 0 Å². The van der Waals surface area contributed by atoms with Crippen molar-refractivity contribution in [2.75, 3.05) is 0 Å². The van der Waals surface area contributed by atoms with E-state index in [0.29, 0.717) is 5.82 Å². The van der Waals surface area contributed by atoms with Crippen molar-refractivity contribution in [3.63, 3.8) is 0 Å². The van der Waals surface area contributed by atoms with Crippen LogP contribution < -0.4 is 0 Å². The van der Waals surface area contributed by atoms with Crippen LogP contribution in [0.15, 0.2) is 188 Å². The van der Waals surface area contributed by atoms with E-state index in [1.807, 2.05) is 23.5 Å². The molecule has 0 bridgehead atoms. The number of hydrogen-bond acceptors (Lipinski definition) is 3. The standard InChI is InChI=1S/C52H31N3S/c1-3-15-32(16-4-1)43-31-44(33-17-5-2-6-18-33)54-52(53-43)34-27-29-35(30-28-34)55-49-40-23-11-8-20-37(40)36-19-7-9-21-38(36)46(49)47-39-22-10-12-24-41(39)51-48(50(47)55)42-25-13-14-26-45(42)56-51/h1-31H. The van der Waals surface area contributed by atoms with Crippen LogP contribution in [0.25, 0.3) is 114 Å². The number of thiophene rings is 1. The van der Waals surface area contributed by atoms with Crippen molar-refractivity contribution in [2.24, 2.45) is 0 Å². The van der Waals surface area contributed by atoms with E-state index < -0.39 is 0 Å². The summed E-state index contributed by atoms with van der Waals surface area (Å²) < 4.78 is 5.17. The van der Waals surface area contributed by atoms with Gasteiger partial charge in [-0.2, -0.15) is 0 Å². The maximum absolute atomic E-state index is 5.15. The van der Waals surface area contributed by atoms with Gasteiger partial charge in [-0.15, -0.1) is 11.3 Å². The molecule has 0 aliphatic heterocycles. The quantitative estimate of drug-likeness (QED) is 0.169. The Bertz CT molecular complexity index is 3450. The lowest BCUT2D eigenvalue weighted by Gasteiger charge is -2.14. The highest BCUT2D eigenvalue weighted by molar-refractivity contribution is 7.27. The van der Waals surface area contributed by atoms with E-state index >= 15 is 0 Å². The summed E-state index contributed by atoms with van der Waals surface area (Å²) in [4.78, 5) is 10.3. The van der Waals surface area contributed by atoms with E-state index in [9.17, 15) is 0 Å². The summed E-state index contributed by atoms with van der Waals surface area (Å²) in [7, 11) is 0. The molecule has 0 atom stereocenters. The summed E-state index contributed by atoms with van der Waals surface area (Å²) in [6.07, 6.45) is 0.